The lowest BCUT2D eigenvalue weighted by Gasteiger charge is -2.08. The van der Waals surface area contributed by atoms with Crippen LogP contribution in [0.1, 0.15) is 12.0 Å². The Labute approximate surface area is 124 Å². The van der Waals surface area contributed by atoms with E-state index in [1.165, 1.54) is 11.0 Å². The van der Waals surface area contributed by atoms with Gasteiger partial charge in [-0.3, -0.25) is 14.9 Å². The highest BCUT2D eigenvalue weighted by atomic mass is 16.6. The molecule has 0 unspecified atom stereocenters. The molecule has 0 saturated heterocycles. The van der Waals surface area contributed by atoms with Gasteiger partial charge in [0, 0.05) is 12.5 Å². The van der Waals surface area contributed by atoms with Crippen LogP contribution in [0, 0.1) is 17.0 Å². The minimum absolute atomic E-state index is 0.0192. The lowest BCUT2D eigenvalue weighted by Crippen LogP contribution is -3.06. The number of hydrogen-bond donors (Lipinski definition) is 3. The Kier molecular flexibility index (Phi) is 6.77. The summed E-state index contributed by atoms with van der Waals surface area (Å²) in [5.74, 6) is -0.143. The lowest BCUT2D eigenvalue weighted by atomic mass is 10.1. The minimum Gasteiger partial charge on any atom is -0.340 e. The molecule has 0 aliphatic heterocycles. The van der Waals surface area contributed by atoms with E-state index >= 15 is 0 Å². The molecule has 0 fully saturated rings. The fraction of sp³-hybridized carbons (Fsp3) is 0.500. The molecule has 1 aromatic rings. The highest BCUT2D eigenvalue weighted by Gasteiger charge is 2.15. The van der Waals surface area contributed by atoms with Crippen LogP contribution in [0.2, 0.25) is 0 Å². The molecule has 0 atom stereocenters. The van der Waals surface area contributed by atoms with Crippen LogP contribution in [0.4, 0.5) is 11.4 Å². The Balaban J connectivity index is 2.45. The van der Waals surface area contributed by atoms with Crippen LogP contribution in [0.25, 0.3) is 0 Å². The number of rotatable bonds is 8. The Hall–Kier alpha value is -1.99. The summed E-state index contributed by atoms with van der Waals surface area (Å²) in [7, 11) is 4.19. The molecule has 0 bridgehead atoms. The van der Waals surface area contributed by atoms with E-state index in [0.29, 0.717) is 17.8 Å². The molecule has 1 aromatic carbocycles. The van der Waals surface area contributed by atoms with Gasteiger partial charge in [-0.1, -0.05) is 6.07 Å². The number of carbonyl (C=O) groups excluding carboxylic acids is 1. The summed E-state index contributed by atoms with van der Waals surface area (Å²) in [5, 5.41) is 15.5. The normalized spacial score (nSPS) is 10.7. The molecule has 0 saturated carbocycles. The SMILES string of the molecule is Cc1c(NC(=O)C[NH2+]CCC[NH+](C)C)cccc1[N+](=O)[O-]. The van der Waals surface area contributed by atoms with Gasteiger partial charge in [-0.05, 0) is 13.0 Å². The fourth-order valence-corrected chi connectivity index (χ4v) is 1.99. The molecule has 0 spiro atoms. The first-order chi connectivity index (χ1) is 9.91. The summed E-state index contributed by atoms with van der Waals surface area (Å²) in [6, 6.07) is 4.68. The molecule has 0 aromatic heterocycles. The number of nitrogens with one attached hydrogen (secondary N) is 2. The summed E-state index contributed by atoms with van der Waals surface area (Å²) in [4.78, 5) is 23.6. The molecular formula is C14H24N4O3+2. The van der Waals surface area contributed by atoms with Gasteiger partial charge in [0.1, 0.15) is 0 Å². The number of nitro benzene ring substituents is 1. The van der Waals surface area contributed by atoms with E-state index < -0.39 is 4.92 Å². The maximum absolute atomic E-state index is 11.8. The summed E-state index contributed by atoms with van der Waals surface area (Å²) in [6.07, 6.45) is 1.05. The van der Waals surface area contributed by atoms with Gasteiger partial charge in [-0.15, -0.1) is 0 Å². The number of carbonyl (C=O) groups is 1. The van der Waals surface area contributed by atoms with Crippen LogP contribution in [0.15, 0.2) is 18.2 Å². The van der Waals surface area contributed by atoms with E-state index in [9.17, 15) is 14.9 Å². The number of amides is 1. The largest absolute Gasteiger partial charge is 0.340 e. The molecule has 0 aliphatic rings. The van der Waals surface area contributed by atoms with Crippen LogP contribution in [0.3, 0.4) is 0 Å². The highest BCUT2D eigenvalue weighted by molar-refractivity contribution is 5.92. The summed E-state index contributed by atoms with van der Waals surface area (Å²) < 4.78 is 0. The average Bonchev–Trinajstić information content (AvgIpc) is 2.40. The Morgan fingerprint density at radius 2 is 2.14 bits per heavy atom. The third-order valence-corrected chi connectivity index (χ3v) is 3.19. The molecule has 7 heteroatoms. The topological polar surface area (TPSA) is 93.3 Å². The molecule has 7 nitrogen and oxygen atoms in total. The van der Waals surface area contributed by atoms with Crippen LogP contribution in [0.5, 0.6) is 0 Å². The number of nitrogens with two attached hydrogens (primary N) is 1. The van der Waals surface area contributed by atoms with E-state index in [4.69, 9.17) is 0 Å². The predicted molar refractivity (Wildman–Crippen MR) is 80.4 cm³/mol. The van der Waals surface area contributed by atoms with Crippen molar-refractivity contribution in [3.8, 4) is 0 Å². The molecule has 1 amide bonds. The van der Waals surface area contributed by atoms with Crippen LogP contribution >= 0.6 is 0 Å². The Morgan fingerprint density at radius 3 is 2.76 bits per heavy atom. The average molecular weight is 296 g/mol. The van der Waals surface area contributed by atoms with Crippen molar-refractivity contribution in [2.45, 2.75) is 13.3 Å². The number of nitro groups is 1. The number of anilines is 1. The van der Waals surface area contributed by atoms with Gasteiger partial charge in [0.05, 0.1) is 43.4 Å². The van der Waals surface area contributed by atoms with E-state index in [2.05, 4.69) is 19.4 Å². The predicted octanol–water partition coefficient (Wildman–Crippen LogP) is -1.06. The van der Waals surface area contributed by atoms with Crippen molar-refractivity contribution in [1.29, 1.82) is 0 Å². The third kappa shape index (κ3) is 5.88. The quantitative estimate of drug-likeness (QED) is 0.324. The molecule has 4 N–H and O–H groups in total. The molecule has 0 aliphatic carbocycles. The van der Waals surface area contributed by atoms with Crippen LogP contribution in [-0.4, -0.2) is 44.6 Å². The van der Waals surface area contributed by atoms with Gasteiger partial charge in [-0.2, -0.15) is 0 Å². The molecule has 1 rings (SSSR count). The number of quaternary nitrogens is 2. The first-order valence-electron chi connectivity index (χ1n) is 7.06. The Bertz CT molecular complexity index is 503. The van der Waals surface area contributed by atoms with Gasteiger partial charge >= 0.3 is 0 Å². The Morgan fingerprint density at radius 1 is 1.43 bits per heavy atom. The second-order valence-corrected chi connectivity index (χ2v) is 5.35. The fourth-order valence-electron chi connectivity index (χ4n) is 1.99. The van der Waals surface area contributed by atoms with Gasteiger partial charge in [0.25, 0.3) is 11.6 Å². The van der Waals surface area contributed by atoms with Gasteiger partial charge in [0.2, 0.25) is 0 Å². The standard InChI is InChI=1S/C14H22N4O3/c1-11-12(6-4-7-13(11)18(20)21)16-14(19)10-15-8-5-9-17(2)3/h4,6-7,15H,5,8-10H2,1-3H3,(H,16,19)/p+2. The van der Waals surface area contributed by atoms with Crippen molar-refractivity contribution < 1.29 is 19.9 Å². The second-order valence-electron chi connectivity index (χ2n) is 5.35. The number of hydrogen-bond acceptors (Lipinski definition) is 3. The molecule has 0 radical (unpaired) electrons. The summed E-state index contributed by atoms with van der Waals surface area (Å²) >= 11 is 0. The van der Waals surface area contributed by atoms with Crippen molar-refractivity contribution >= 4 is 17.3 Å². The third-order valence-electron chi connectivity index (χ3n) is 3.19. The van der Waals surface area contributed by atoms with Gasteiger partial charge in [0.15, 0.2) is 6.54 Å². The highest BCUT2D eigenvalue weighted by Crippen LogP contribution is 2.24. The van der Waals surface area contributed by atoms with Crippen molar-refractivity contribution in [3.63, 3.8) is 0 Å². The van der Waals surface area contributed by atoms with Crippen LogP contribution in [-0.2, 0) is 4.79 Å². The van der Waals surface area contributed by atoms with Crippen molar-refractivity contribution in [1.82, 2.24) is 0 Å². The van der Waals surface area contributed by atoms with Crippen molar-refractivity contribution in [2.24, 2.45) is 0 Å². The molecular weight excluding hydrogens is 272 g/mol. The van der Waals surface area contributed by atoms with Crippen LogP contribution < -0.4 is 15.5 Å². The zero-order valence-electron chi connectivity index (χ0n) is 12.8. The molecule has 0 heterocycles. The summed E-state index contributed by atoms with van der Waals surface area (Å²) in [6.45, 7) is 3.93. The van der Waals surface area contributed by atoms with E-state index in [0.717, 1.165) is 19.5 Å². The zero-order valence-corrected chi connectivity index (χ0v) is 12.8. The number of nitrogens with zero attached hydrogens (tertiary/aromatic N) is 1. The lowest BCUT2D eigenvalue weighted by molar-refractivity contribution is -0.860. The van der Waals surface area contributed by atoms with Gasteiger partial charge < -0.3 is 15.5 Å². The molecule has 21 heavy (non-hydrogen) atoms. The first-order valence-corrected chi connectivity index (χ1v) is 7.06. The van der Waals surface area contributed by atoms with Crippen molar-refractivity contribution in [2.75, 3.05) is 39.0 Å². The number of benzene rings is 1. The van der Waals surface area contributed by atoms with Crippen molar-refractivity contribution in [3.05, 3.63) is 33.9 Å². The minimum atomic E-state index is -0.444. The summed E-state index contributed by atoms with van der Waals surface area (Å²) in [5.41, 5.74) is 0.998. The van der Waals surface area contributed by atoms with Gasteiger partial charge in [-0.25, -0.2) is 0 Å². The zero-order chi connectivity index (χ0) is 15.8. The maximum Gasteiger partial charge on any atom is 0.279 e. The molecule has 116 valence electrons. The van der Waals surface area contributed by atoms with E-state index in [-0.39, 0.29) is 11.6 Å². The van der Waals surface area contributed by atoms with E-state index in [1.807, 2.05) is 5.32 Å². The van der Waals surface area contributed by atoms with E-state index in [1.54, 1.807) is 19.1 Å². The smallest absolute Gasteiger partial charge is 0.279 e. The monoisotopic (exact) mass is 296 g/mol. The second kappa shape index (κ2) is 8.33. The maximum atomic E-state index is 11.8. The first kappa shape index (κ1) is 17.1.